The highest BCUT2D eigenvalue weighted by Gasteiger charge is 2.19. The van der Waals surface area contributed by atoms with E-state index in [0.717, 1.165) is 27.9 Å². The van der Waals surface area contributed by atoms with Crippen molar-refractivity contribution in [3.8, 4) is 0 Å². The number of carbonyl (C=O) groups is 1. The number of aryl methyl sites for hydroxylation is 1. The molecule has 3 aromatic rings. The van der Waals surface area contributed by atoms with Crippen LogP contribution in [0.1, 0.15) is 42.3 Å². The first kappa shape index (κ1) is 16.3. The normalized spacial score (nSPS) is 13.6. The highest BCUT2D eigenvalue weighted by molar-refractivity contribution is 5.82. The number of nitrogens with one attached hydrogen (secondary N) is 1. The van der Waals surface area contributed by atoms with Crippen LogP contribution in [0.4, 0.5) is 0 Å². The molecule has 2 aromatic carbocycles. The van der Waals surface area contributed by atoms with E-state index in [0.29, 0.717) is 0 Å². The average Bonchev–Trinajstić information content (AvgIpc) is 2.93. The SMILES string of the molecule is Cc1c(C(C)NC(=O)CC(N)c2ccccc2)oc2ccccc12. The number of furan rings is 1. The van der Waals surface area contributed by atoms with E-state index in [9.17, 15) is 4.79 Å². The zero-order chi connectivity index (χ0) is 17.1. The first-order valence-corrected chi connectivity index (χ1v) is 8.14. The topological polar surface area (TPSA) is 68.3 Å². The van der Waals surface area contributed by atoms with Crippen molar-refractivity contribution < 1.29 is 9.21 Å². The summed E-state index contributed by atoms with van der Waals surface area (Å²) in [5.74, 6) is 0.705. The molecule has 0 aliphatic rings. The van der Waals surface area contributed by atoms with Crippen molar-refractivity contribution in [3.05, 3.63) is 71.5 Å². The van der Waals surface area contributed by atoms with E-state index < -0.39 is 0 Å². The zero-order valence-electron chi connectivity index (χ0n) is 14.0. The molecule has 0 aliphatic heterocycles. The number of fused-ring (bicyclic) bond motifs is 1. The van der Waals surface area contributed by atoms with Crippen molar-refractivity contribution in [2.75, 3.05) is 0 Å². The zero-order valence-corrected chi connectivity index (χ0v) is 14.0. The number of benzene rings is 2. The lowest BCUT2D eigenvalue weighted by Gasteiger charge is -2.16. The maximum atomic E-state index is 12.3. The largest absolute Gasteiger partial charge is 0.459 e. The van der Waals surface area contributed by atoms with Crippen LogP contribution in [0.15, 0.2) is 59.0 Å². The van der Waals surface area contributed by atoms with Gasteiger partial charge in [-0.15, -0.1) is 0 Å². The molecule has 1 amide bonds. The minimum absolute atomic E-state index is 0.0845. The van der Waals surface area contributed by atoms with Gasteiger partial charge >= 0.3 is 0 Å². The maximum absolute atomic E-state index is 12.3. The van der Waals surface area contributed by atoms with Gasteiger partial charge in [0.15, 0.2) is 0 Å². The summed E-state index contributed by atoms with van der Waals surface area (Å²) >= 11 is 0. The molecule has 3 N–H and O–H groups in total. The third-order valence-electron chi connectivity index (χ3n) is 4.28. The molecule has 0 fully saturated rings. The monoisotopic (exact) mass is 322 g/mol. The third-order valence-corrected chi connectivity index (χ3v) is 4.28. The van der Waals surface area contributed by atoms with E-state index in [1.165, 1.54) is 0 Å². The van der Waals surface area contributed by atoms with Gasteiger partial charge in [0.1, 0.15) is 11.3 Å². The highest BCUT2D eigenvalue weighted by atomic mass is 16.3. The molecule has 1 heterocycles. The average molecular weight is 322 g/mol. The molecule has 124 valence electrons. The Balaban J connectivity index is 1.68. The quantitative estimate of drug-likeness (QED) is 0.746. The Hall–Kier alpha value is -2.59. The Morgan fingerprint density at radius 3 is 2.50 bits per heavy atom. The van der Waals surface area contributed by atoms with Crippen LogP contribution in [0.25, 0.3) is 11.0 Å². The van der Waals surface area contributed by atoms with E-state index in [1.807, 2.05) is 68.4 Å². The molecular weight excluding hydrogens is 300 g/mol. The molecule has 4 heteroatoms. The number of nitrogens with two attached hydrogens (primary N) is 1. The van der Waals surface area contributed by atoms with E-state index in [-0.39, 0.29) is 24.4 Å². The second kappa shape index (κ2) is 6.89. The summed E-state index contributed by atoms with van der Waals surface area (Å²) in [6.07, 6.45) is 0.244. The van der Waals surface area contributed by atoms with Crippen LogP contribution in [0.5, 0.6) is 0 Å². The summed E-state index contributed by atoms with van der Waals surface area (Å²) in [4.78, 5) is 12.3. The Morgan fingerprint density at radius 1 is 1.12 bits per heavy atom. The fourth-order valence-electron chi connectivity index (χ4n) is 2.99. The summed E-state index contributed by atoms with van der Waals surface area (Å²) in [6, 6.07) is 17.0. The molecule has 2 atom stereocenters. The van der Waals surface area contributed by atoms with Crippen LogP contribution >= 0.6 is 0 Å². The van der Waals surface area contributed by atoms with Gasteiger partial charge in [-0.2, -0.15) is 0 Å². The van der Waals surface area contributed by atoms with Crippen molar-refractivity contribution in [1.82, 2.24) is 5.32 Å². The second-order valence-electron chi connectivity index (χ2n) is 6.10. The lowest BCUT2D eigenvalue weighted by molar-refractivity contribution is -0.122. The molecule has 0 saturated carbocycles. The van der Waals surface area contributed by atoms with Crippen molar-refractivity contribution in [1.29, 1.82) is 0 Å². The van der Waals surface area contributed by atoms with E-state index in [4.69, 9.17) is 10.2 Å². The molecule has 1 aromatic heterocycles. The third kappa shape index (κ3) is 3.34. The van der Waals surface area contributed by atoms with Gasteiger partial charge in [-0.1, -0.05) is 48.5 Å². The number of carbonyl (C=O) groups excluding carboxylic acids is 1. The summed E-state index contributed by atoms with van der Waals surface area (Å²) in [5.41, 5.74) is 8.98. The number of rotatable bonds is 5. The predicted molar refractivity (Wildman–Crippen MR) is 95.5 cm³/mol. The highest BCUT2D eigenvalue weighted by Crippen LogP contribution is 2.29. The van der Waals surface area contributed by atoms with Crippen molar-refractivity contribution >= 4 is 16.9 Å². The number of hydrogen-bond donors (Lipinski definition) is 2. The lowest BCUT2D eigenvalue weighted by atomic mass is 10.0. The molecule has 3 rings (SSSR count). The summed E-state index contributed by atoms with van der Waals surface area (Å²) in [6.45, 7) is 3.94. The van der Waals surface area contributed by atoms with Gasteiger partial charge in [0.25, 0.3) is 0 Å². The molecule has 24 heavy (non-hydrogen) atoms. The van der Waals surface area contributed by atoms with Gasteiger partial charge in [-0.05, 0) is 25.5 Å². The van der Waals surface area contributed by atoms with Crippen molar-refractivity contribution in [3.63, 3.8) is 0 Å². The van der Waals surface area contributed by atoms with Crippen LogP contribution < -0.4 is 11.1 Å². The molecule has 0 saturated heterocycles. The molecule has 4 nitrogen and oxygen atoms in total. The van der Waals surface area contributed by atoms with Gasteiger partial charge in [0, 0.05) is 23.4 Å². The fourth-order valence-corrected chi connectivity index (χ4v) is 2.99. The van der Waals surface area contributed by atoms with E-state index in [2.05, 4.69) is 5.32 Å². The van der Waals surface area contributed by atoms with Crippen LogP contribution in [-0.4, -0.2) is 5.91 Å². The van der Waals surface area contributed by atoms with Crippen LogP contribution in [0.2, 0.25) is 0 Å². The van der Waals surface area contributed by atoms with Crippen LogP contribution in [0, 0.1) is 6.92 Å². The molecule has 0 spiro atoms. The molecule has 0 bridgehead atoms. The first-order chi connectivity index (χ1) is 11.6. The Bertz CT molecular complexity index is 839. The maximum Gasteiger partial charge on any atom is 0.222 e. The number of hydrogen-bond acceptors (Lipinski definition) is 3. The standard InChI is InChI=1S/C20H22N2O2/c1-13-16-10-6-7-11-18(16)24-20(13)14(2)22-19(23)12-17(21)15-8-4-3-5-9-15/h3-11,14,17H,12,21H2,1-2H3,(H,22,23). The summed E-state index contributed by atoms with van der Waals surface area (Å²) in [5, 5.41) is 4.06. The Kier molecular flexibility index (Phi) is 4.67. The lowest BCUT2D eigenvalue weighted by Crippen LogP contribution is -2.29. The second-order valence-corrected chi connectivity index (χ2v) is 6.10. The van der Waals surface area contributed by atoms with Gasteiger partial charge in [-0.25, -0.2) is 0 Å². The summed E-state index contributed by atoms with van der Waals surface area (Å²) < 4.78 is 5.91. The van der Waals surface area contributed by atoms with Crippen LogP contribution in [-0.2, 0) is 4.79 Å². The molecular formula is C20H22N2O2. The van der Waals surface area contributed by atoms with Gasteiger partial charge in [0.2, 0.25) is 5.91 Å². The number of para-hydroxylation sites is 1. The van der Waals surface area contributed by atoms with E-state index >= 15 is 0 Å². The Morgan fingerprint density at radius 2 is 1.79 bits per heavy atom. The predicted octanol–water partition coefficient (Wildman–Crippen LogP) is 4.01. The Labute approximate surface area is 141 Å². The van der Waals surface area contributed by atoms with Crippen molar-refractivity contribution in [2.45, 2.75) is 32.4 Å². The minimum Gasteiger partial charge on any atom is -0.459 e. The van der Waals surface area contributed by atoms with Gasteiger partial charge in [0.05, 0.1) is 6.04 Å². The summed E-state index contributed by atoms with van der Waals surface area (Å²) in [7, 11) is 0. The molecule has 0 radical (unpaired) electrons. The van der Waals surface area contributed by atoms with Crippen molar-refractivity contribution in [2.24, 2.45) is 5.73 Å². The smallest absolute Gasteiger partial charge is 0.222 e. The molecule has 0 aliphatic carbocycles. The van der Waals surface area contributed by atoms with Crippen LogP contribution in [0.3, 0.4) is 0 Å². The minimum atomic E-state index is -0.310. The number of amides is 1. The fraction of sp³-hybridized carbons (Fsp3) is 0.250. The van der Waals surface area contributed by atoms with Gasteiger partial charge < -0.3 is 15.5 Å². The van der Waals surface area contributed by atoms with E-state index in [1.54, 1.807) is 0 Å². The van der Waals surface area contributed by atoms with Gasteiger partial charge in [-0.3, -0.25) is 4.79 Å². The first-order valence-electron chi connectivity index (χ1n) is 8.14. The molecule has 2 unspecified atom stereocenters.